The Morgan fingerprint density at radius 3 is 2.60 bits per heavy atom. The van der Waals surface area contributed by atoms with Gasteiger partial charge in [0.05, 0.1) is 6.10 Å². The van der Waals surface area contributed by atoms with Gasteiger partial charge in [-0.25, -0.2) is 4.39 Å². The normalized spacial score (nSPS) is 47.5. The van der Waals surface area contributed by atoms with Crippen molar-refractivity contribution in [1.29, 1.82) is 0 Å². The van der Waals surface area contributed by atoms with Crippen LogP contribution in [0.2, 0.25) is 0 Å². The van der Waals surface area contributed by atoms with Crippen LogP contribution in [0.1, 0.15) is 59.8 Å². The number of Topliss-reactive ketones (excluding diaryl/α,β-unsaturated/α-hetero) is 1. The average Bonchev–Trinajstić information content (AvgIpc) is 2.90. The van der Waals surface area contributed by atoms with E-state index in [1.807, 2.05) is 6.92 Å². The van der Waals surface area contributed by atoms with Gasteiger partial charge in [0.15, 0.2) is 17.2 Å². The molecule has 166 valence electrons. The molecule has 7 atom stereocenters. The highest BCUT2D eigenvalue weighted by Gasteiger charge is 2.75. The number of allylic oxidation sites excluding steroid dienone is 4. The molecule has 3 nitrogen and oxygen atoms in total. The van der Waals surface area contributed by atoms with E-state index in [1.165, 1.54) is 6.08 Å². The average molecular weight is 453 g/mol. The Kier molecular flexibility index (Phi) is 5.64. The van der Waals surface area contributed by atoms with Gasteiger partial charge in [0.25, 0.3) is 0 Å². The van der Waals surface area contributed by atoms with Gasteiger partial charge in [0.1, 0.15) is 4.08 Å². The zero-order valence-corrected chi connectivity index (χ0v) is 20.0. The second-order valence-electron chi connectivity index (χ2n) is 9.79. The van der Waals surface area contributed by atoms with Crippen LogP contribution in [-0.2, 0) is 9.59 Å². The van der Waals surface area contributed by atoms with Crippen molar-refractivity contribution in [2.24, 2.45) is 22.7 Å². The van der Waals surface area contributed by atoms with Crippen molar-refractivity contribution < 1.29 is 19.1 Å². The monoisotopic (exact) mass is 452 g/mol. The van der Waals surface area contributed by atoms with Gasteiger partial charge in [-0.05, 0) is 62.2 Å². The van der Waals surface area contributed by atoms with Crippen LogP contribution in [0.5, 0.6) is 0 Å². The summed E-state index contributed by atoms with van der Waals surface area (Å²) in [7, 11) is 0. The summed E-state index contributed by atoms with van der Waals surface area (Å²) in [5, 5.41) is 11.4. The highest BCUT2D eigenvalue weighted by Crippen LogP contribution is 2.72. The molecular weight excluding hydrogens is 419 g/mol. The molecule has 0 spiro atoms. The van der Waals surface area contributed by atoms with Gasteiger partial charge in [-0.2, -0.15) is 0 Å². The molecule has 0 heterocycles. The Morgan fingerprint density at radius 1 is 1.20 bits per heavy atom. The first kappa shape index (κ1) is 22.6. The van der Waals surface area contributed by atoms with Gasteiger partial charge in [0.2, 0.25) is 0 Å². The number of rotatable bonds is 5. The Balaban J connectivity index is 1.81. The molecule has 0 radical (unpaired) electrons. The fourth-order valence-electron chi connectivity index (χ4n) is 6.95. The van der Waals surface area contributed by atoms with E-state index in [9.17, 15) is 14.7 Å². The van der Waals surface area contributed by atoms with Gasteiger partial charge in [0, 0.05) is 23.2 Å². The summed E-state index contributed by atoms with van der Waals surface area (Å²) in [6.45, 7) is 8.15. The SMILES string of the molecule is CCCS[C@@]1(SCC)C(=O)C[C@H]2[C@@H]3CCC4=CC(=O)C=C[C@]4(C)C3(F)C(O)C[C@@]21C. The number of carbonyl (C=O) groups is 2. The zero-order chi connectivity index (χ0) is 21.9. The van der Waals surface area contributed by atoms with Crippen molar-refractivity contribution in [2.45, 2.75) is 75.7 Å². The summed E-state index contributed by atoms with van der Waals surface area (Å²) in [6, 6.07) is 0. The van der Waals surface area contributed by atoms with E-state index in [0.717, 1.165) is 23.5 Å². The highest BCUT2D eigenvalue weighted by atomic mass is 32.2. The van der Waals surface area contributed by atoms with Gasteiger partial charge in [-0.15, -0.1) is 23.5 Å². The van der Waals surface area contributed by atoms with Crippen molar-refractivity contribution >= 4 is 35.1 Å². The van der Waals surface area contributed by atoms with Crippen LogP contribution in [0.25, 0.3) is 0 Å². The van der Waals surface area contributed by atoms with Crippen molar-refractivity contribution in [2.75, 3.05) is 11.5 Å². The standard InChI is InChI=1S/C24H33FO3S2/c1-5-11-30-24(29-6-2)19(27)13-18-17-8-7-15-12-16(26)9-10-21(15,3)23(17,25)20(28)14-22(18,24)4/h9-10,12,17-18,20,28H,5-8,11,13-14H2,1-4H3/t17-,18-,20?,21-,22-,23?,24-/m0/s1. The minimum absolute atomic E-state index is 0.0915. The maximum absolute atomic E-state index is 17.1. The van der Waals surface area contributed by atoms with E-state index in [4.69, 9.17) is 0 Å². The largest absolute Gasteiger partial charge is 0.390 e. The predicted octanol–water partition coefficient (Wildman–Crippen LogP) is 5.13. The Hall–Kier alpha value is -0.590. The van der Waals surface area contributed by atoms with Crippen molar-refractivity contribution in [3.8, 4) is 0 Å². The summed E-state index contributed by atoms with van der Waals surface area (Å²) in [6.07, 6.45) is 6.40. The Bertz CT molecular complexity index is 825. The molecule has 0 aromatic rings. The molecule has 0 bridgehead atoms. The third kappa shape index (κ3) is 2.68. The van der Waals surface area contributed by atoms with Gasteiger partial charge >= 0.3 is 0 Å². The van der Waals surface area contributed by atoms with Crippen LogP contribution in [0.4, 0.5) is 4.39 Å². The molecule has 0 aliphatic heterocycles. The molecule has 3 saturated carbocycles. The first-order chi connectivity index (χ1) is 14.1. The van der Waals surface area contributed by atoms with Crippen LogP contribution >= 0.6 is 23.5 Å². The number of aliphatic hydroxyl groups is 1. The summed E-state index contributed by atoms with van der Waals surface area (Å²) in [4.78, 5) is 25.5. The number of fused-ring (bicyclic) bond motifs is 5. The first-order valence-corrected chi connectivity index (χ1v) is 13.2. The molecule has 4 aliphatic carbocycles. The number of hydrogen-bond acceptors (Lipinski definition) is 5. The Morgan fingerprint density at radius 2 is 1.93 bits per heavy atom. The highest BCUT2D eigenvalue weighted by molar-refractivity contribution is 8.19. The molecule has 3 fully saturated rings. The van der Waals surface area contributed by atoms with Gasteiger partial charge < -0.3 is 5.11 Å². The van der Waals surface area contributed by atoms with Crippen molar-refractivity contribution in [3.05, 3.63) is 23.8 Å². The lowest BCUT2D eigenvalue weighted by atomic mass is 9.46. The predicted molar refractivity (Wildman–Crippen MR) is 122 cm³/mol. The van der Waals surface area contributed by atoms with E-state index in [0.29, 0.717) is 19.3 Å². The lowest BCUT2D eigenvalue weighted by Gasteiger charge is -2.62. The molecular formula is C24H33FO3S2. The lowest BCUT2D eigenvalue weighted by Crippen LogP contribution is -2.67. The molecule has 4 rings (SSSR count). The molecule has 30 heavy (non-hydrogen) atoms. The maximum Gasteiger partial charge on any atom is 0.178 e. The fourth-order valence-corrected chi connectivity index (χ4v) is 10.4. The summed E-state index contributed by atoms with van der Waals surface area (Å²) >= 11 is 3.41. The van der Waals surface area contributed by atoms with Crippen molar-refractivity contribution in [3.63, 3.8) is 0 Å². The minimum atomic E-state index is -1.86. The van der Waals surface area contributed by atoms with E-state index in [-0.39, 0.29) is 23.9 Å². The lowest BCUT2D eigenvalue weighted by molar-refractivity contribution is -0.189. The smallest absolute Gasteiger partial charge is 0.178 e. The number of halogens is 1. The summed E-state index contributed by atoms with van der Waals surface area (Å²) in [5.74, 6) is 1.34. The maximum atomic E-state index is 17.1. The van der Waals surface area contributed by atoms with E-state index >= 15 is 4.39 Å². The molecule has 0 saturated heterocycles. The molecule has 0 aromatic carbocycles. The van der Waals surface area contributed by atoms with Gasteiger partial charge in [-0.1, -0.05) is 32.4 Å². The molecule has 4 aliphatic rings. The third-order valence-electron chi connectivity index (χ3n) is 8.41. The third-order valence-corrected chi connectivity index (χ3v) is 12.2. The van der Waals surface area contributed by atoms with E-state index in [1.54, 1.807) is 35.7 Å². The van der Waals surface area contributed by atoms with E-state index in [2.05, 4.69) is 20.8 Å². The zero-order valence-electron chi connectivity index (χ0n) is 18.4. The molecule has 0 aromatic heterocycles. The quantitative estimate of drug-likeness (QED) is 0.586. The topological polar surface area (TPSA) is 54.4 Å². The molecule has 0 amide bonds. The van der Waals surface area contributed by atoms with Crippen molar-refractivity contribution in [1.82, 2.24) is 0 Å². The molecule has 2 unspecified atom stereocenters. The van der Waals surface area contributed by atoms with Crippen LogP contribution in [0.3, 0.4) is 0 Å². The second-order valence-corrected chi connectivity index (χ2v) is 12.8. The number of alkyl halides is 1. The number of ketones is 2. The molecule has 6 heteroatoms. The number of thioether (sulfide) groups is 2. The Labute approximate surface area is 187 Å². The number of aliphatic hydroxyl groups excluding tert-OH is 1. The van der Waals surface area contributed by atoms with Gasteiger partial charge in [-0.3, -0.25) is 9.59 Å². The van der Waals surface area contributed by atoms with Crippen LogP contribution < -0.4 is 0 Å². The summed E-state index contributed by atoms with van der Waals surface area (Å²) in [5.41, 5.74) is -2.51. The number of hydrogen-bond donors (Lipinski definition) is 1. The molecule has 1 N–H and O–H groups in total. The van der Waals surface area contributed by atoms with Crippen LogP contribution in [0.15, 0.2) is 23.8 Å². The second kappa shape index (κ2) is 7.48. The van der Waals surface area contributed by atoms with Crippen LogP contribution in [0, 0.1) is 22.7 Å². The van der Waals surface area contributed by atoms with Crippen LogP contribution in [-0.4, -0.2) is 44.0 Å². The van der Waals surface area contributed by atoms with E-state index < -0.39 is 32.6 Å². The number of carbonyl (C=O) groups excluding carboxylic acids is 2. The summed E-state index contributed by atoms with van der Waals surface area (Å²) < 4.78 is 16.5. The first-order valence-electron chi connectivity index (χ1n) is 11.2. The minimum Gasteiger partial charge on any atom is -0.390 e. The fraction of sp³-hybridized carbons (Fsp3) is 0.750.